The van der Waals surface area contributed by atoms with Crippen molar-refractivity contribution in [2.45, 2.75) is 66.2 Å². The molecular formula is C26H32N2. The molecule has 3 aromatic rings. The van der Waals surface area contributed by atoms with Gasteiger partial charge in [-0.2, -0.15) is 0 Å². The van der Waals surface area contributed by atoms with E-state index in [0.29, 0.717) is 0 Å². The van der Waals surface area contributed by atoms with E-state index in [1.165, 1.54) is 22.3 Å². The van der Waals surface area contributed by atoms with Crippen LogP contribution in [0.15, 0.2) is 48.8 Å². The Kier molecular flexibility index (Phi) is 5.18. The molecule has 0 bridgehead atoms. The number of rotatable bonds is 2. The Morgan fingerprint density at radius 2 is 0.964 bits per heavy atom. The predicted octanol–water partition coefficient (Wildman–Crippen LogP) is 7.02. The third-order valence-corrected chi connectivity index (χ3v) is 5.15. The summed E-state index contributed by atoms with van der Waals surface area (Å²) in [7, 11) is 0. The number of hydrogen-bond donors (Lipinski definition) is 0. The molecule has 0 aliphatic carbocycles. The normalized spacial score (nSPS) is 12.3. The van der Waals surface area contributed by atoms with Crippen LogP contribution in [0.3, 0.4) is 0 Å². The second-order valence-corrected chi connectivity index (χ2v) is 9.96. The molecule has 0 saturated heterocycles. The van der Waals surface area contributed by atoms with Crippen LogP contribution in [-0.2, 0) is 10.8 Å². The summed E-state index contributed by atoms with van der Waals surface area (Å²) in [5.41, 5.74) is 9.58. The molecule has 0 amide bonds. The first kappa shape index (κ1) is 20.3. The van der Waals surface area contributed by atoms with Gasteiger partial charge in [0.1, 0.15) is 6.33 Å². The molecule has 2 nitrogen and oxygen atoms in total. The number of nitrogens with zero attached hydrogens (tertiary/aromatic N) is 2. The smallest absolute Gasteiger partial charge is 0.116 e. The highest BCUT2D eigenvalue weighted by Gasteiger charge is 2.21. The molecule has 1 heterocycles. The van der Waals surface area contributed by atoms with Crippen LogP contribution in [-0.4, -0.2) is 9.97 Å². The Hall–Kier alpha value is -2.48. The maximum absolute atomic E-state index is 4.62. The third kappa shape index (κ3) is 4.49. The van der Waals surface area contributed by atoms with Crippen LogP contribution >= 0.6 is 0 Å². The summed E-state index contributed by atoms with van der Waals surface area (Å²) in [5.74, 6) is 0. The lowest BCUT2D eigenvalue weighted by atomic mass is 9.79. The van der Waals surface area contributed by atoms with Crippen molar-refractivity contribution in [1.82, 2.24) is 9.97 Å². The Morgan fingerprint density at radius 3 is 1.39 bits per heavy atom. The molecule has 0 saturated carbocycles. The fourth-order valence-electron chi connectivity index (χ4n) is 3.44. The SMILES string of the molecule is Cc1cc(C)cc(-c2cc(-c3cc(C(C)(C)C)cc(C(C)(C)C)c3)ncn2)c1. The molecule has 3 rings (SSSR count). The molecule has 0 aliphatic heterocycles. The Bertz CT molecular complexity index is 949. The first-order valence-electron chi connectivity index (χ1n) is 10.0. The molecule has 146 valence electrons. The topological polar surface area (TPSA) is 25.8 Å². The molecule has 1 aromatic heterocycles. The van der Waals surface area contributed by atoms with Crippen molar-refractivity contribution >= 4 is 0 Å². The highest BCUT2D eigenvalue weighted by molar-refractivity contribution is 5.69. The van der Waals surface area contributed by atoms with Gasteiger partial charge in [0.15, 0.2) is 0 Å². The number of benzene rings is 2. The van der Waals surface area contributed by atoms with E-state index in [-0.39, 0.29) is 10.8 Å². The molecule has 0 fully saturated rings. The lowest BCUT2D eigenvalue weighted by Gasteiger charge is -2.26. The van der Waals surface area contributed by atoms with Gasteiger partial charge >= 0.3 is 0 Å². The molecule has 0 aliphatic rings. The molecule has 0 unspecified atom stereocenters. The van der Waals surface area contributed by atoms with E-state index in [0.717, 1.165) is 22.5 Å². The van der Waals surface area contributed by atoms with Crippen LogP contribution < -0.4 is 0 Å². The molecule has 0 atom stereocenters. The molecular weight excluding hydrogens is 340 g/mol. The zero-order chi connectivity index (χ0) is 20.7. The maximum Gasteiger partial charge on any atom is 0.116 e. The zero-order valence-corrected chi connectivity index (χ0v) is 18.5. The number of hydrogen-bond acceptors (Lipinski definition) is 2. The third-order valence-electron chi connectivity index (χ3n) is 5.15. The lowest BCUT2D eigenvalue weighted by Crippen LogP contribution is -2.16. The second kappa shape index (κ2) is 7.16. The van der Waals surface area contributed by atoms with E-state index in [2.05, 4.69) is 108 Å². The summed E-state index contributed by atoms with van der Waals surface area (Å²) in [4.78, 5) is 9.16. The Morgan fingerprint density at radius 1 is 0.536 bits per heavy atom. The van der Waals surface area contributed by atoms with Gasteiger partial charge in [-0.05, 0) is 66.1 Å². The highest BCUT2D eigenvalue weighted by Crippen LogP contribution is 2.34. The number of aryl methyl sites for hydroxylation is 2. The van der Waals surface area contributed by atoms with Crippen LogP contribution in [0.4, 0.5) is 0 Å². The minimum Gasteiger partial charge on any atom is -0.236 e. The molecule has 2 heteroatoms. The standard InChI is InChI=1S/C26H32N2/c1-17-9-18(2)11-19(10-17)23-15-24(28-16-27-23)20-12-21(25(3,4)5)14-22(13-20)26(6,7)8/h9-16H,1-8H3. The minimum atomic E-state index is 0.0829. The zero-order valence-electron chi connectivity index (χ0n) is 18.5. The molecule has 2 aromatic carbocycles. The first-order valence-corrected chi connectivity index (χ1v) is 10.0. The van der Waals surface area contributed by atoms with E-state index >= 15 is 0 Å². The van der Waals surface area contributed by atoms with Crippen molar-refractivity contribution in [3.05, 3.63) is 71.0 Å². The monoisotopic (exact) mass is 372 g/mol. The van der Waals surface area contributed by atoms with Gasteiger partial charge in [-0.25, -0.2) is 9.97 Å². The van der Waals surface area contributed by atoms with E-state index in [1.54, 1.807) is 6.33 Å². The highest BCUT2D eigenvalue weighted by atomic mass is 14.8. The van der Waals surface area contributed by atoms with Gasteiger partial charge in [0.2, 0.25) is 0 Å². The summed E-state index contributed by atoms with van der Waals surface area (Å²) < 4.78 is 0. The quantitative estimate of drug-likeness (QED) is 0.483. The second-order valence-electron chi connectivity index (χ2n) is 9.96. The van der Waals surface area contributed by atoms with E-state index in [9.17, 15) is 0 Å². The van der Waals surface area contributed by atoms with E-state index in [4.69, 9.17) is 0 Å². The van der Waals surface area contributed by atoms with Gasteiger partial charge in [0.25, 0.3) is 0 Å². The molecule has 28 heavy (non-hydrogen) atoms. The summed E-state index contributed by atoms with van der Waals surface area (Å²) in [6.45, 7) is 17.8. The Labute approximate surface area is 170 Å². The first-order chi connectivity index (χ1) is 12.9. The van der Waals surface area contributed by atoms with Gasteiger partial charge < -0.3 is 0 Å². The van der Waals surface area contributed by atoms with Crippen LogP contribution in [0.2, 0.25) is 0 Å². The van der Waals surface area contributed by atoms with Crippen molar-refractivity contribution in [3.63, 3.8) is 0 Å². The molecule has 0 N–H and O–H groups in total. The van der Waals surface area contributed by atoms with Crippen molar-refractivity contribution in [1.29, 1.82) is 0 Å². The predicted molar refractivity (Wildman–Crippen MR) is 120 cm³/mol. The van der Waals surface area contributed by atoms with Gasteiger partial charge in [-0.15, -0.1) is 0 Å². The average Bonchev–Trinajstić information content (AvgIpc) is 2.59. The van der Waals surface area contributed by atoms with Crippen LogP contribution in [0.25, 0.3) is 22.5 Å². The van der Waals surface area contributed by atoms with Gasteiger partial charge in [0, 0.05) is 11.1 Å². The summed E-state index contributed by atoms with van der Waals surface area (Å²) in [5, 5.41) is 0. The molecule has 0 radical (unpaired) electrons. The van der Waals surface area contributed by atoms with Crippen molar-refractivity contribution in [2.75, 3.05) is 0 Å². The molecule has 0 spiro atoms. The van der Waals surface area contributed by atoms with Gasteiger partial charge in [0.05, 0.1) is 11.4 Å². The Balaban J connectivity index is 2.16. The van der Waals surface area contributed by atoms with Crippen molar-refractivity contribution in [3.8, 4) is 22.5 Å². The van der Waals surface area contributed by atoms with Crippen LogP contribution in [0.5, 0.6) is 0 Å². The summed E-state index contributed by atoms with van der Waals surface area (Å²) in [6.07, 6.45) is 1.68. The maximum atomic E-state index is 4.62. The summed E-state index contributed by atoms with van der Waals surface area (Å²) >= 11 is 0. The largest absolute Gasteiger partial charge is 0.236 e. The summed E-state index contributed by atoms with van der Waals surface area (Å²) in [6, 6.07) is 15.6. The number of aromatic nitrogens is 2. The lowest BCUT2D eigenvalue weighted by molar-refractivity contribution is 0.569. The van der Waals surface area contributed by atoms with Gasteiger partial charge in [-0.1, -0.05) is 64.8 Å². The van der Waals surface area contributed by atoms with Crippen molar-refractivity contribution < 1.29 is 0 Å². The van der Waals surface area contributed by atoms with E-state index in [1.807, 2.05) is 0 Å². The van der Waals surface area contributed by atoms with Crippen LogP contribution in [0.1, 0.15) is 63.8 Å². The van der Waals surface area contributed by atoms with Crippen LogP contribution in [0, 0.1) is 13.8 Å². The van der Waals surface area contributed by atoms with Gasteiger partial charge in [-0.3, -0.25) is 0 Å². The average molecular weight is 373 g/mol. The fourth-order valence-corrected chi connectivity index (χ4v) is 3.44. The fraction of sp³-hybridized carbons (Fsp3) is 0.385. The minimum absolute atomic E-state index is 0.0829. The van der Waals surface area contributed by atoms with E-state index < -0.39 is 0 Å². The van der Waals surface area contributed by atoms with Crippen molar-refractivity contribution in [2.24, 2.45) is 0 Å².